The number of nitrogens with one attached hydrogen (secondary N) is 2. The minimum atomic E-state index is -4.47. The summed E-state index contributed by atoms with van der Waals surface area (Å²) in [6.07, 6.45) is -3.75. The van der Waals surface area contributed by atoms with Gasteiger partial charge in [-0.15, -0.1) is 12.4 Å². The molecule has 1 rings (SSSR count). The van der Waals surface area contributed by atoms with E-state index >= 15 is 0 Å². The molecule has 1 aromatic carbocycles. The average molecular weight is 327 g/mol. The van der Waals surface area contributed by atoms with E-state index in [2.05, 4.69) is 10.6 Å². The molecule has 1 aromatic rings. The molecule has 2 N–H and O–H groups in total. The van der Waals surface area contributed by atoms with E-state index in [4.69, 9.17) is 4.74 Å². The van der Waals surface area contributed by atoms with Gasteiger partial charge in [0, 0.05) is 0 Å². The number of benzene rings is 1. The molecule has 4 nitrogen and oxygen atoms in total. The Morgan fingerprint density at radius 1 is 1.33 bits per heavy atom. The van der Waals surface area contributed by atoms with Gasteiger partial charge in [0.2, 0.25) is 5.91 Å². The maximum absolute atomic E-state index is 12.7. The van der Waals surface area contributed by atoms with E-state index in [9.17, 15) is 18.0 Å². The number of carbonyl (C=O) groups excluding carboxylic acids is 1. The Hall–Kier alpha value is -1.47. The molecule has 0 aromatic heterocycles. The van der Waals surface area contributed by atoms with E-state index < -0.39 is 17.6 Å². The minimum absolute atomic E-state index is 0. The van der Waals surface area contributed by atoms with Gasteiger partial charge in [-0.25, -0.2) is 0 Å². The second-order valence-electron chi connectivity index (χ2n) is 4.14. The molecule has 0 spiro atoms. The van der Waals surface area contributed by atoms with E-state index in [1.165, 1.54) is 6.07 Å². The lowest BCUT2D eigenvalue weighted by molar-refractivity contribution is -0.137. The van der Waals surface area contributed by atoms with Gasteiger partial charge >= 0.3 is 6.18 Å². The van der Waals surface area contributed by atoms with Crippen molar-refractivity contribution in [1.82, 2.24) is 5.32 Å². The Labute approximate surface area is 127 Å². The second-order valence-corrected chi connectivity index (χ2v) is 4.14. The SMILES string of the molecule is CCCOc1ccc(C(F)(F)F)cc1NC(=O)CNC.Cl. The third-order valence-corrected chi connectivity index (χ3v) is 2.38. The van der Waals surface area contributed by atoms with Crippen molar-refractivity contribution in [3.05, 3.63) is 23.8 Å². The summed E-state index contributed by atoms with van der Waals surface area (Å²) in [4.78, 5) is 11.5. The van der Waals surface area contributed by atoms with Crippen LogP contribution in [0.2, 0.25) is 0 Å². The number of likely N-dealkylation sites (N-methyl/N-ethyl adjacent to an activating group) is 1. The van der Waals surface area contributed by atoms with Crippen molar-refractivity contribution in [2.75, 3.05) is 25.5 Å². The van der Waals surface area contributed by atoms with Crippen LogP contribution < -0.4 is 15.4 Å². The molecule has 1 amide bonds. The third kappa shape index (κ3) is 6.22. The van der Waals surface area contributed by atoms with E-state index in [0.717, 1.165) is 12.1 Å². The molecule has 0 radical (unpaired) electrons. The predicted octanol–water partition coefficient (Wildman–Crippen LogP) is 3.07. The van der Waals surface area contributed by atoms with Crippen LogP contribution in [0.5, 0.6) is 5.75 Å². The predicted molar refractivity (Wildman–Crippen MR) is 77.0 cm³/mol. The fraction of sp³-hybridized carbons (Fsp3) is 0.462. The fourth-order valence-corrected chi connectivity index (χ4v) is 1.50. The van der Waals surface area contributed by atoms with Gasteiger partial charge in [-0.1, -0.05) is 6.92 Å². The highest BCUT2D eigenvalue weighted by Gasteiger charge is 2.31. The zero-order chi connectivity index (χ0) is 15.2. The van der Waals surface area contributed by atoms with Crippen molar-refractivity contribution in [2.24, 2.45) is 0 Å². The molecular weight excluding hydrogens is 309 g/mol. The maximum atomic E-state index is 12.7. The highest BCUT2D eigenvalue weighted by Crippen LogP contribution is 2.35. The van der Waals surface area contributed by atoms with E-state index in [1.54, 1.807) is 7.05 Å². The van der Waals surface area contributed by atoms with E-state index in [-0.39, 0.29) is 30.4 Å². The van der Waals surface area contributed by atoms with Gasteiger partial charge in [0.05, 0.1) is 24.4 Å². The van der Waals surface area contributed by atoms with Crippen molar-refractivity contribution in [3.63, 3.8) is 0 Å². The molecule has 0 aliphatic carbocycles. The fourth-order valence-electron chi connectivity index (χ4n) is 1.50. The first-order valence-electron chi connectivity index (χ1n) is 6.17. The largest absolute Gasteiger partial charge is 0.491 e. The molecule has 0 fully saturated rings. The van der Waals surface area contributed by atoms with E-state index in [0.29, 0.717) is 13.0 Å². The molecule has 0 atom stereocenters. The number of amides is 1. The topological polar surface area (TPSA) is 50.4 Å². The summed E-state index contributed by atoms with van der Waals surface area (Å²) in [5.74, 6) is -0.211. The van der Waals surface area contributed by atoms with Crippen molar-refractivity contribution >= 4 is 24.0 Å². The maximum Gasteiger partial charge on any atom is 0.416 e. The number of alkyl halides is 3. The summed E-state index contributed by atoms with van der Waals surface area (Å²) in [7, 11) is 1.57. The van der Waals surface area contributed by atoms with Gasteiger partial charge in [-0.2, -0.15) is 13.2 Å². The van der Waals surface area contributed by atoms with Crippen molar-refractivity contribution in [1.29, 1.82) is 0 Å². The summed E-state index contributed by atoms with van der Waals surface area (Å²) in [5.41, 5.74) is -0.811. The van der Waals surface area contributed by atoms with Crippen molar-refractivity contribution < 1.29 is 22.7 Å². The first-order valence-corrected chi connectivity index (χ1v) is 6.17. The molecule has 21 heavy (non-hydrogen) atoms. The van der Waals surface area contributed by atoms with Gasteiger partial charge < -0.3 is 15.4 Å². The van der Waals surface area contributed by atoms with Crippen LogP contribution in [0.15, 0.2) is 18.2 Å². The van der Waals surface area contributed by atoms with Gasteiger partial charge in [0.25, 0.3) is 0 Å². The Bertz CT molecular complexity index is 467. The quantitative estimate of drug-likeness (QED) is 0.844. The van der Waals surface area contributed by atoms with Crippen LogP contribution in [0.1, 0.15) is 18.9 Å². The molecule has 0 bridgehead atoms. The van der Waals surface area contributed by atoms with Gasteiger partial charge in [0.15, 0.2) is 0 Å². The first-order chi connectivity index (χ1) is 9.38. The van der Waals surface area contributed by atoms with E-state index in [1.807, 2.05) is 6.92 Å². The number of hydrogen-bond acceptors (Lipinski definition) is 3. The number of ether oxygens (including phenoxy) is 1. The lowest BCUT2D eigenvalue weighted by Crippen LogP contribution is -2.25. The first kappa shape index (κ1) is 19.5. The Kier molecular flexibility index (Phi) is 8.12. The molecule has 0 aliphatic rings. The minimum Gasteiger partial charge on any atom is -0.491 e. The molecular formula is C13H18ClF3N2O2. The smallest absolute Gasteiger partial charge is 0.416 e. The normalized spacial score (nSPS) is 10.7. The summed E-state index contributed by atoms with van der Waals surface area (Å²) in [6.45, 7) is 2.24. The van der Waals surface area contributed by atoms with Crippen LogP contribution in [-0.4, -0.2) is 26.1 Å². The molecule has 120 valence electrons. The van der Waals surface area contributed by atoms with Crippen LogP contribution in [0, 0.1) is 0 Å². The number of rotatable bonds is 6. The molecule has 0 heterocycles. The summed E-state index contributed by atoms with van der Waals surface area (Å²) in [6, 6.07) is 3.02. The van der Waals surface area contributed by atoms with Crippen LogP contribution in [0.25, 0.3) is 0 Å². The molecule has 0 saturated heterocycles. The monoisotopic (exact) mass is 326 g/mol. The van der Waals surface area contributed by atoms with Crippen molar-refractivity contribution in [2.45, 2.75) is 19.5 Å². The van der Waals surface area contributed by atoms with Crippen LogP contribution >= 0.6 is 12.4 Å². The zero-order valence-electron chi connectivity index (χ0n) is 11.7. The standard InChI is InChI=1S/C13H17F3N2O2.ClH/c1-3-6-20-11-5-4-9(13(14,15)16)7-10(11)18-12(19)8-17-2;/h4-5,7,17H,3,6,8H2,1-2H3,(H,18,19);1H. The third-order valence-electron chi connectivity index (χ3n) is 2.38. The highest BCUT2D eigenvalue weighted by atomic mass is 35.5. The lowest BCUT2D eigenvalue weighted by Gasteiger charge is -2.15. The molecule has 0 unspecified atom stereocenters. The van der Waals surface area contributed by atoms with Crippen molar-refractivity contribution in [3.8, 4) is 5.75 Å². The number of carbonyl (C=O) groups is 1. The van der Waals surface area contributed by atoms with Crippen LogP contribution in [-0.2, 0) is 11.0 Å². The number of halogens is 4. The van der Waals surface area contributed by atoms with Gasteiger partial charge in [-0.3, -0.25) is 4.79 Å². The molecule has 0 aliphatic heterocycles. The summed E-state index contributed by atoms with van der Waals surface area (Å²) >= 11 is 0. The van der Waals surface area contributed by atoms with Crippen LogP contribution in [0.4, 0.5) is 18.9 Å². The zero-order valence-corrected chi connectivity index (χ0v) is 12.5. The Balaban J connectivity index is 0.00000400. The Morgan fingerprint density at radius 2 is 2.00 bits per heavy atom. The molecule has 0 saturated carbocycles. The van der Waals surface area contributed by atoms with Gasteiger partial charge in [-0.05, 0) is 31.7 Å². The second kappa shape index (κ2) is 8.74. The Morgan fingerprint density at radius 3 is 2.52 bits per heavy atom. The summed E-state index contributed by atoms with van der Waals surface area (Å²) < 4.78 is 43.3. The van der Waals surface area contributed by atoms with Crippen LogP contribution in [0.3, 0.4) is 0 Å². The average Bonchev–Trinajstić information content (AvgIpc) is 2.36. The summed E-state index contributed by atoms with van der Waals surface area (Å²) in [5, 5.41) is 5.03. The highest BCUT2D eigenvalue weighted by molar-refractivity contribution is 5.93. The number of anilines is 1. The van der Waals surface area contributed by atoms with Gasteiger partial charge in [0.1, 0.15) is 5.75 Å². The number of hydrogen-bond donors (Lipinski definition) is 2. The molecule has 8 heteroatoms. The lowest BCUT2D eigenvalue weighted by atomic mass is 10.1.